The minimum atomic E-state index is -0.0647. The predicted octanol–water partition coefficient (Wildman–Crippen LogP) is 3.71. The smallest absolute Gasteiger partial charge is 0.187 e. The average Bonchev–Trinajstić information content (AvgIpc) is 2.53. The van der Waals surface area contributed by atoms with Gasteiger partial charge in [0.1, 0.15) is 0 Å². The van der Waals surface area contributed by atoms with Crippen molar-refractivity contribution in [3.8, 4) is 0 Å². The first-order valence-electron chi connectivity index (χ1n) is 6.65. The zero-order valence-electron chi connectivity index (χ0n) is 11.4. The van der Waals surface area contributed by atoms with Crippen molar-refractivity contribution in [2.75, 3.05) is 5.73 Å². The van der Waals surface area contributed by atoms with E-state index in [9.17, 15) is 4.79 Å². The third kappa shape index (κ3) is 2.98. The van der Waals surface area contributed by atoms with Crippen LogP contribution >= 0.6 is 0 Å². The van der Waals surface area contributed by atoms with E-state index < -0.39 is 0 Å². The number of carbonyl (C=O) groups is 1. The monoisotopic (exact) mass is 274 g/mol. The highest BCUT2D eigenvalue weighted by Gasteiger charge is 2.03. The molecular weight excluding hydrogens is 260 g/mol. The van der Waals surface area contributed by atoms with E-state index in [1.54, 1.807) is 18.3 Å². The van der Waals surface area contributed by atoms with Gasteiger partial charge in [-0.05, 0) is 35.9 Å². The maximum atomic E-state index is 12.2. The van der Waals surface area contributed by atoms with E-state index in [-0.39, 0.29) is 5.78 Å². The van der Waals surface area contributed by atoms with Crippen LogP contribution in [0.25, 0.3) is 17.0 Å². The van der Waals surface area contributed by atoms with Gasteiger partial charge in [0.25, 0.3) is 0 Å². The van der Waals surface area contributed by atoms with Crippen molar-refractivity contribution in [2.45, 2.75) is 0 Å². The lowest BCUT2D eigenvalue weighted by Crippen LogP contribution is -1.95. The van der Waals surface area contributed by atoms with Gasteiger partial charge in [-0.2, -0.15) is 0 Å². The number of aromatic nitrogens is 1. The summed E-state index contributed by atoms with van der Waals surface area (Å²) in [4.78, 5) is 16.5. The van der Waals surface area contributed by atoms with Crippen LogP contribution in [0.4, 0.5) is 5.69 Å². The van der Waals surface area contributed by atoms with Gasteiger partial charge in [-0.25, -0.2) is 0 Å². The van der Waals surface area contributed by atoms with Crippen molar-refractivity contribution in [1.29, 1.82) is 0 Å². The second kappa shape index (κ2) is 5.59. The summed E-state index contributed by atoms with van der Waals surface area (Å²) in [6, 6.07) is 17.0. The second-order valence-corrected chi connectivity index (χ2v) is 4.78. The van der Waals surface area contributed by atoms with Crippen molar-refractivity contribution >= 4 is 28.4 Å². The number of nitrogens with two attached hydrogens (primary N) is 1. The lowest BCUT2D eigenvalue weighted by molar-refractivity contribution is 0.104. The summed E-state index contributed by atoms with van der Waals surface area (Å²) in [6.45, 7) is 0. The predicted molar refractivity (Wildman–Crippen MR) is 86.0 cm³/mol. The van der Waals surface area contributed by atoms with Gasteiger partial charge in [-0.1, -0.05) is 36.4 Å². The highest BCUT2D eigenvalue weighted by Crippen LogP contribution is 2.14. The van der Waals surface area contributed by atoms with E-state index in [1.807, 2.05) is 54.6 Å². The van der Waals surface area contributed by atoms with Crippen LogP contribution in [0.1, 0.15) is 15.9 Å². The number of nitrogens with zero attached hydrogens (tertiary/aromatic N) is 1. The van der Waals surface area contributed by atoms with Crippen molar-refractivity contribution in [2.24, 2.45) is 0 Å². The van der Waals surface area contributed by atoms with Crippen LogP contribution in [-0.4, -0.2) is 10.8 Å². The van der Waals surface area contributed by atoms with Gasteiger partial charge < -0.3 is 5.73 Å². The number of pyridine rings is 1. The Balaban J connectivity index is 1.84. The number of hydrogen-bond acceptors (Lipinski definition) is 3. The molecule has 0 unspecified atom stereocenters. The summed E-state index contributed by atoms with van der Waals surface area (Å²) in [5.74, 6) is -0.0647. The first-order valence-corrected chi connectivity index (χ1v) is 6.65. The first kappa shape index (κ1) is 13.1. The number of rotatable bonds is 3. The Morgan fingerprint density at radius 2 is 1.81 bits per heavy atom. The Morgan fingerprint density at radius 3 is 2.62 bits per heavy atom. The fourth-order valence-corrected chi connectivity index (χ4v) is 2.08. The molecule has 1 heterocycles. The van der Waals surface area contributed by atoms with Crippen LogP contribution in [0.5, 0.6) is 0 Å². The standard InChI is InChI=1S/C18H14N2O/c19-16-8-5-13(6-9-16)7-10-18(21)15-11-14-3-1-2-4-17(14)20-12-15/h1-12H,19H2/b10-7+. The molecule has 2 N–H and O–H groups in total. The summed E-state index contributed by atoms with van der Waals surface area (Å²) in [5.41, 5.74) is 8.74. The van der Waals surface area contributed by atoms with Crippen LogP contribution in [-0.2, 0) is 0 Å². The molecule has 0 radical (unpaired) electrons. The molecule has 3 nitrogen and oxygen atoms in total. The Morgan fingerprint density at radius 1 is 1.05 bits per heavy atom. The Bertz CT molecular complexity index is 820. The molecule has 0 aliphatic heterocycles. The molecule has 0 fully saturated rings. The SMILES string of the molecule is Nc1ccc(/C=C/C(=O)c2cnc3ccccc3c2)cc1. The van der Waals surface area contributed by atoms with Gasteiger partial charge in [0, 0.05) is 22.8 Å². The van der Waals surface area contributed by atoms with Crippen LogP contribution < -0.4 is 5.73 Å². The fraction of sp³-hybridized carbons (Fsp3) is 0. The van der Waals surface area contributed by atoms with Gasteiger partial charge in [-0.15, -0.1) is 0 Å². The first-order chi connectivity index (χ1) is 10.2. The summed E-state index contributed by atoms with van der Waals surface area (Å²) in [5, 5.41) is 0.962. The minimum absolute atomic E-state index is 0.0647. The number of hydrogen-bond donors (Lipinski definition) is 1. The molecule has 0 saturated heterocycles. The highest BCUT2D eigenvalue weighted by atomic mass is 16.1. The molecule has 0 saturated carbocycles. The number of carbonyl (C=O) groups excluding carboxylic acids is 1. The van der Waals surface area contributed by atoms with Gasteiger partial charge >= 0.3 is 0 Å². The summed E-state index contributed by atoms with van der Waals surface area (Å²) in [6.07, 6.45) is 4.94. The number of para-hydroxylation sites is 1. The maximum Gasteiger partial charge on any atom is 0.187 e. The van der Waals surface area contributed by atoms with Crippen molar-refractivity contribution < 1.29 is 4.79 Å². The molecule has 21 heavy (non-hydrogen) atoms. The van der Waals surface area contributed by atoms with Gasteiger partial charge in [0.2, 0.25) is 0 Å². The van der Waals surface area contributed by atoms with E-state index in [2.05, 4.69) is 4.98 Å². The highest BCUT2D eigenvalue weighted by molar-refractivity contribution is 6.08. The fourth-order valence-electron chi connectivity index (χ4n) is 2.08. The Labute approximate surface area is 122 Å². The van der Waals surface area contributed by atoms with Crippen LogP contribution in [0.15, 0.2) is 66.9 Å². The Hall–Kier alpha value is -2.94. The molecule has 0 bridgehead atoms. The number of benzene rings is 2. The third-order valence-corrected chi connectivity index (χ3v) is 3.24. The Kier molecular flexibility index (Phi) is 3.48. The quantitative estimate of drug-likeness (QED) is 0.450. The molecule has 0 aliphatic rings. The minimum Gasteiger partial charge on any atom is -0.399 e. The normalized spacial score (nSPS) is 11.0. The van der Waals surface area contributed by atoms with Crippen LogP contribution in [0, 0.1) is 0 Å². The molecule has 102 valence electrons. The van der Waals surface area contributed by atoms with E-state index in [1.165, 1.54) is 0 Å². The lowest BCUT2D eigenvalue weighted by atomic mass is 10.1. The largest absolute Gasteiger partial charge is 0.399 e. The summed E-state index contributed by atoms with van der Waals surface area (Å²) < 4.78 is 0. The average molecular weight is 274 g/mol. The number of allylic oxidation sites excluding steroid dienone is 1. The van der Waals surface area contributed by atoms with E-state index >= 15 is 0 Å². The second-order valence-electron chi connectivity index (χ2n) is 4.78. The summed E-state index contributed by atoms with van der Waals surface area (Å²) in [7, 11) is 0. The molecule has 0 aliphatic carbocycles. The molecule has 0 amide bonds. The molecule has 2 aromatic carbocycles. The zero-order chi connectivity index (χ0) is 14.7. The van der Waals surface area contributed by atoms with Gasteiger partial charge in [0.15, 0.2) is 5.78 Å². The molecule has 1 aromatic heterocycles. The molecule has 0 spiro atoms. The molecule has 3 rings (SSSR count). The maximum absolute atomic E-state index is 12.2. The van der Waals surface area contributed by atoms with Crippen molar-refractivity contribution in [3.63, 3.8) is 0 Å². The van der Waals surface area contributed by atoms with E-state index in [0.717, 1.165) is 16.5 Å². The molecule has 3 aromatic rings. The topological polar surface area (TPSA) is 56.0 Å². The van der Waals surface area contributed by atoms with Gasteiger partial charge in [-0.3, -0.25) is 9.78 Å². The molecule has 0 atom stereocenters. The molecule has 3 heteroatoms. The van der Waals surface area contributed by atoms with Crippen molar-refractivity contribution in [1.82, 2.24) is 4.98 Å². The zero-order valence-corrected chi connectivity index (χ0v) is 11.4. The van der Waals surface area contributed by atoms with Gasteiger partial charge in [0.05, 0.1) is 5.52 Å². The summed E-state index contributed by atoms with van der Waals surface area (Å²) >= 11 is 0. The number of nitrogen functional groups attached to an aromatic ring is 1. The van der Waals surface area contributed by atoms with Crippen molar-refractivity contribution in [3.05, 3.63) is 78.0 Å². The number of ketones is 1. The molecular formula is C18H14N2O. The van der Waals surface area contributed by atoms with Crippen LogP contribution in [0.2, 0.25) is 0 Å². The number of fused-ring (bicyclic) bond motifs is 1. The van der Waals surface area contributed by atoms with E-state index in [0.29, 0.717) is 11.3 Å². The lowest BCUT2D eigenvalue weighted by Gasteiger charge is -1.99. The third-order valence-electron chi connectivity index (χ3n) is 3.24. The number of anilines is 1. The van der Waals surface area contributed by atoms with E-state index in [4.69, 9.17) is 5.73 Å². The van der Waals surface area contributed by atoms with Crippen LogP contribution in [0.3, 0.4) is 0 Å².